The Morgan fingerprint density at radius 3 is 2.37 bits per heavy atom. The number of rotatable bonds is 1. The van der Waals surface area contributed by atoms with E-state index in [1.165, 1.54) is 17.8 Å². The first-order valence-corrected chi connectivity index (χ1v) is 5.21. The van der Waals surface area contributed by atoms with E-state index in [0.717, 1.165) is 5.52 Å². The number of pyridine rings is 1. The molecule has 7 heteroatoms. The molecule has 0 atom stereocenters. The fraction of sp³-hybridized carbons (Fsp3) is 0. The molecular formula is C12H12N4O3. The Hall–Kier alpha value is -2.80. The highest BCUT2D eigenvalue weighted by Crippen LogP contribution is 2.07. The standard InChI is InChI=1S/C9H7N.C3H3N3O2.H2O/c1-2-6-9-8(4-1)5-3-7-10-9;7-6(8)3-4-1-2-5-3;/h1-7H;1-2H,(H,4,5);1H2. The minimum absolute atomic E-state index is 0. The number of imidazole rings is 1. The van der Waals surface area contributed by atoms with Crippen molar-refractivity contribution in [2.45, 2.75) is 0 Å². The number of fused-ring (bicyclic) bond motifs is 1. The fourth-order valence-electron chi connectivity index (χ4n) is 1.37. The van der Waals surface area contributed by atoms with Gasteiger partial charge in [0.25, 0.3) is 0 Å². The number of aromatic nitrogens is 3. The van der Waals surface area contributed by atoms with Crippen LogP contribution in [0.3, 0.4) is 0 Å². The number of aromatic amines is 1. The van der Waals surface area contributed by atoms with Crippen molar-refractivity contribution in [3.05, 3.63) is 65.1 Å². The zero-order chi connectivity index (χ0) is 12.8. The van der Waals surface area contributed by atoms with Crippen molar-refractivity contribution in [2.24, 2.45) is 0 Å². The smallest absolute Gasteiger partial charge is 0.412 e. The lowest BCUT2D eigenvalue weighted by Crippen LogP contribution is -1.88. The van der Waals surface area contributed by atoms with Crippen LogP contribution in [-0.4, -0.2) is 25.4 Å². The molecule has 0 saturated heterocycles. The predicted molar refractivity (Wildman–Crippen MR) is 70.6 cm³/mol. The summed E-state index contributed by atoms with van der Waals surface area (Å²) in [5.74, 6) is -0.218. The van der Waals surface area contributed by atoms with Gasteiger partial charge in [-0.15, -0.1) is 0 Å². The summed E-state index contributed by atoms with van der Waals surface area (Å²) in [5, 5.41) is 11.0. The molecule has 1 aromatic carbocycles. The Morgan fingerprint density at radius 1 is 1.05 bits per heavy atom. The molecule has 2 heterocycles. The monoisotopic (exact) mass is 260 g/mol. The van der Waals surface area contributed by atoms with Crippen molar-refractivity contribution in [3.8, 4) is 0 Å². The van der Waals surface area contributed by atoms with Crippen LogP contribution in [0, 0.1) is 10.1 Å². The van der Waals surface area contributed by atoms with E-state index < -0.39 is 4.92 Å². The fourth-order valence-corrected chi connectivity index (χ4v) is 1.37. The number of nitrogens with one attached hydrogen (secondary N) is 1. The van der Waals surface area contributed by atoms with E-state index in [1.807, 2.05) is 30.5 Å². The van der Waals surface area contributed by atoms with Crippen LogP contribution in [0.25, 0.3) is 10.9 Å². The van der Waals surface area contributed by atoms with Gasteiger partial charge in [-0.3, -0.25) is 4.98 Å². The summed E-state index contributed by atoms with van der Waals surface area (Å²) >= 11 is 0. The van der Waals surface area contributed by atoms with Crippen molar-refractivity contribution in [1.82, 2.24) is 15.0 Å². The molecule has 2 aromatic heterocycles. The summed E-state index contributed by atoms with van der Waals surface area (Å²) in [7, 11) is 0. The molecule has 0 aliphatic carbocycles. The van der Waals surface area contributed by atoms with Gasteiger partial charge in [-0.05, 0) is 17.1 Å². The molecule has 0 saturated carbocycles. The molecule has 0 spiro atoms. The van der Waals surface area contributed by atoms with E-state index in [1.54, 1.807) is 0 Å². The summed E-state index contributed by atoms with van der Waals surface area (Å²) in [5.41, 5.74) is 1.06. The molecule has 0 fully saturated rings. The number of para-hydroxylation sites is 1. The second-order valence-corrected chi connectivity index (χ2v) is 3.37. The Labute approximate surface area is 108 Å². The van der Waals surface area contributed by atoms with E-state index in [-0.39, 0.29) is 11.4 Å². The van der Waals surface area contributed by atoms with Gasteiger partial charge in [0.15, 0.2) is 0 Å². The third-order valence-electron chi connectivity index (χ3n) is 2.17. The second-order valence-electron chi connectivity index (χ2n) is 3.37. The summed E-state index contributed by atoms with van der Waals surface area (Å²) in [6.45, 7) is 0. The Kier molecular flexibility index (Phi) is 5.12. The lowest BCUT2D eigenvalue weighted by Gasteiger charge is -1.91. The third kappa shape index (κ3) is 3.86. The molecule has 0 unspecified atom stereocenters. The minimum atomic E-state index is -0.583. The number of H-pyrrole nitrogens is 1. The maximum absolute atomic E-state index is 9.77. The van der Waals surface area contributed by atoms with Gasteiger partial charge in [-0.1, -0.05) is 29.2 Å². The normalized spacial score (nSPS) is 9.05. The van der Waals surface area contributed by atoms with E-state index >= 15 is 0 Å². The zero-order valence-corrected chi connectivity index (χ0v) is 9.85. The van der Waals surface area contributed by atoms with Gasteiger partial charge in [0.05, 0.1) is 11.7 Å². The van der Waals surface area contributed by atoms with Crippen LogP contribution < -0.4 is 0 Å². The Bertz CT molecular complexity index is 575. The van der Waals surface area contributed by atoms with Crippen LogP contribution in [0.5, 0.6) is 0 Å². The maximum atomic E-state index is 9.77. The number of hydrogen-bond acceptors (Lipinski definition) is 4. The number of nitrogens with zero attached hydrogens (tertiary/aromatic N) is 3. The van der Waals surface area contributed by atoms with Crippen LogP contribution in [-0.2, 0) is 0 Å². The molecule has 7 nitrogen and oxygen atoms in total. The van der Waals surface area contributed by atoms with Gasteiger partial charge in [-0.2, -0.15) is 0 Å². The quantitative estimate of drug-likeness (QED) is 0.529. The number of hydrogen-bond donors (Lipinski definition) is 1. The molecule has 0 bridgehead atoms. The Morgan fingerprint density at radius 2 is 1.79 bits per heavy atom. The van der Waals surface area contributed by atoms with Gasteiger partial charge in [0.1, 0.15) is 6.20 Å². The minimum Gasteiger partial charge on any atom is -0.412 e. The molecule has 3 aromatic rings. The van der Waals surface area contributed by atoms with Gasteiger partial charge < -0.3 is 15.6 Å². The first-order valence-electron chi connectivity index (χ1n) is 5.21. The lowest BCUT2D eigenvalue weighted by atomic mass is 10.2. The van der Waals surface area contributed by atoms with Crippen molar-refractivity contribution in [1.29, 1.82) is 0 Å². The average molecular weight is 260 g/mol. The van der Waals surface area contributed by atoms with Crippen LogP contribution in [0.15, 0.2) is 55.0 Å². The molecule has 98 valence electrons. The summed E-state index contributed by atoms with van der Waals surface area (Å²) in [6, 6.07) is 12.1. The zero-order valence-electron chi connectivity index (χ0n) is 9.85. The molecule has 3 N–H and O–H groups in total. The molecular weight excluding hydrogens is 248 g/mol. The van der Waals surface area contributed by atoms with Crippen molar-refractivity contribution >= 4 is 16.9 Å². The molecule has 0 aliphatic rings. The topological polar surface area (TPSA) is 116 Å². The van der Waals surface area contributed by atoms with E-state index in [2.05, 4.69) is 27.1 Å². The first kappa shape index (κ1) is 14.3. The number of nitro groups is 1. The van der Waals surface area contributed by atoms with Gasteiger partial charge in [0, 0.05) is 11.6 Å². The SMILES string of the molecule is O.O=[N+]([O-])c1ncc[nH]1.c1ccc2ncccc2c1. The molecule has 3 rings (SSSR count). The van der Waals surface area contributed by atoms with Gasteiger partial charge >= 0.3 is 5.95 Å². The highest BCUT2D eigenvalue weighted by molar-refractivity contribution is 5.77. The van der Waals surface area contributed by atoms with Crippen LogP contribution in [0.1, 0.15) is 0 Å². The molecule has 0 amide bonds. The highest BCUT2D eigenvalue weighted by atomic mass is 16.6. The van der Waals surface area contributed by atoms with E-state index in [9.17, 15) is 10.1 Å². The number of benzene rings is 1. The summed E-state index contributed by atoms with van der Waals surface area (Å²) < 4.78 is 0. The van der Waals surface area contributed by atoms with Crippen molar-refractivity contribution < 1.29 is 10.4 Å². The van der Waals surface area contributed by atoms with E-state index in [4.69, 9.17) is 0 Å². The van der Waals surface area contributed by atoms with Crippen LogP contribution >= 0.6 is 0 Å². The summed E-state index contributed by atoms with van der Waals surface area (Å²) in [6.07, 6.45) is 4.54. The molecule has 19 heavy (non-hydrogen) atoms. The third-order valence-corrected chi connectivity index (χ3v) is 2.17. The predicted octanol–water partition coefficient (Wildman–Crippen LogP) is 1.73. The van der Waals surface area contributed by atoms with Crippen LogP contribution in [0.2, 0.25) is 0 Å². The second kappa shape index (κ2) is 6.82. The van der Waals surface area contributed by atoms with Crippen molar-refractivity contribution in [2.75, 3.05) is 0 Å². The Balaban J connectivity index is 0.000000185. The largest absolute Gasteiger partial charge is 0.432 e. The molecule has 0 radical (unpaired) electrons. The van der Waals surface area contributed by atoms with Crippen molar-refractivity contribution in [3.63, 3.8) is 0 Å². The lowest BCUT2D eigenvalue weighted by molar-refractivity contribution is -0.393. The molecule has 0 aliphatic heterocycles. The van der Waals surface area contributed by atoms with E-state index in [0.29, 0.717) is 0 Å². The summed E-state index contributed by atoms with van der Waals surface area (Å²) in [4.78, 5) is 19.1. The van der Waals surface area contributed by atoms with Gasteiger partial charge in [-0.25, -0.2) is 4.98 Å². The maximum Gasteiger partial charge on any atom is 0.432 e. The first-order chi connectivity index (χ1) is 8.77. The van der Waals surface area contributed by atoms with Crippen LogP contribution in [0.4, 0.5) is 5.95 Å². The average Bonchev–Trinajstić information content (AvgIpc) is 2.94. The van der Waals surface area contributed by atoms with Gasteiger partial charge in [0.2, 0.25) is 0 Å². The highest BCUT2D eigenvalue weighted by Gasteiger charge is 2.01.